The highest BCUT2D eigenvalue weighted by atomic mass is 16.4. The van der Waals surface area contributed by atoms with E-state index in [9.17, 15) is 14.7 Å². The van der Waals surface area contributed by atoms with Gasteiger partial charge in [0.15, 0.2) is 0 Å². The van der Waals surface area contributed by atoms with E-state index in [1.165, 1.54) is 0 Å². The molecule has 1 amide bonds. The summed E-state index contributed by atoms with van der Waals surface area (Å²) in [7, 11) is 0. The highest BCUT2D eigenvalue weighted by Gasteiger charge is 2.19. The maximum Gasteiger partial charge on any atom is 0.303 e. The van der Waals surface area contributed by atoms with Gasteiger partial charge in [0.25, 0.3) is 0 Å². The number of hydrogen-bond acceptors (Lipinski definition) is 3. The van der Waals surface area contributed by atoms with Crippen LogP contribution in [-0.2, 0) is 9.59 Å². The predicted octanol–water partition coefficient (Wildman–Crippen LogP) is 0.518. The number of amides is 1. The van der Waals surface area contributed by atoms with Gasteiger partial charge in [-0.05, 0) is 13.3 Å². The van der Waals surface area contributed by atoms with Crippen LogP contribution in [0.5, 0.6) is 0 Å². The number of hydrogen-bond donors (Lipinski definition) is 3. The molecular weight excluding hydrogens is 198 g/mol. The highest BCUT2D eigenvalue weighted by molar-refractivity contribution is 5.80. The Bertz CT molecular complexity index is 225. The monoisotopic (exact) mass is 217 g/mol. The predicted molar refractivity (Wildman–Crippen MR) is 55.4 cm³/mol. The van der Waals surface area contributed by atoms with Crippen molar-refractivity contribution >= 4 is 11.9 Å². The minimum Gasteiger partial charge on any atom is -0.481 e. The molecule has 0 aromatic heterocycles. The van der Waals surface area contributed by atoms with Crippen LogP contribution in [-0.4, -0.2) is 34.2 Å². The molecule has 0 saturated heterocycles. The molecule has 3 N–H and O–H groups in total. The molecule has 5 heteroatoms. The number of carbonyl (C=O) groups is 2. The Labute approximate surface area is 89.5 Å². The minimum atomic E-state index is -0.995. The molecule has 0 aliphatic carbocycles. The number of carbonyl (C=O) groups excluding carboxylic acids is 1. The second kappa shape index (κ2) is 6.40. The Balaban J connectivity index is 3.74. The lowest BCUT2D eigenvalue weighted by Gasteiger charge is -2.22. The van der Waals surface area contributed by atoms with Crippen LogP contribution in [0.1, 0.15) is 39.5 Å². The zero-order valence-electron chi connectivity index (χ0n) is 9.25. The van der Waals surface area contributed by atoms with Crippen LogP contribution in [0.4, 0.5) is 0 Å². The molecule has 0 rings (SSSR count). The van der Waals surface area contributed by atoms with Crippen LogP contribution in [0.3, 0.4) is 0 Å². The number of rotatable bonds is 7. The molecule has 0 saturated carbocycles. The van der Waals surface area contributed by atoms with Crippen molar-refractivity contribution in [3.63, 3.8) is 0 Å². The molecule has 0 aromatic carbocycles. The van der Waals surface area contributed by atoms with E-state index in [4.69, 9.17) is 5.11 Å². The molecule has 0 aliphatic rings. The molecule has 1 unspecified atom stereocenters. The van der Waals surface area contributed by atoms with E-state index in [1.807, 2.05) is 6.92 Å². The molecule has 0 aliphatic heterocycles. The molecule has 0 spiro atoms. The van der Waals surface area contributed by atoms with Crippen molar-refractivity contribution in [2.75, 3.05) is 6.54 Å². The summed E-state index contributed by atoms with van der Waals surface area (Å²) in [5.74, 6) is -1.33. The van der Waals surface area contributed by atoms with E-state index in [-0.39, 0.29) is 25.3 Å². The normalized spacial score (nSPS) is 14.3. The molecule has 0 aromatic rings. The van der Waals surface area contributed by atoms with Crippen molar-refractivity contribution in [3.05, 3.63) is 0 Å². The van der Waals surface area contributed by atoms with Crippen molar-refractivity contribution in [1.82, 2.24) is 5.32 Å². The molecule has 0 heterocycles. The Kier molecular flexibility index (Phi) is 5.93. The molecule has 15 heavy (non-hydrogen) atoms. The second-order valence-corrected chi connectivity index (χ2v) is 3.92. The fraction of sp³-hybridized carbons (Fsp3) is 0.800. The summed E-state index contributed by atoms with van der Waals surface area (Å²) in [5.41, 5.74) is -0.909. The first-order valence-corrected chi connectivity index (χ1v) is 5.08. The fourth-order valence-electron chi connectivity index (χ4n) is 1.22. The lowest BCUT2D eigenvalue weighted by atomic mass is 10.0. The lowest BCUT2D eigenvalue weighted by Crippen LogP contribution is -2.40. The number of nitrogens with one attached hydrogen (secondary N) is 1. The molecule has 5 nitrogen and oxygen atoms in total. The second-order valence-electron chi connectivity index (χ2n) is 3.92. The lowest BCUT2D eigenvalue weighted by molar-refractivity contribution is -0.138. The van der Waals surface area contributed by atoms with Gasteiger partial charge in [-0.15, -0.1) is 0 Å². The molecule has 0 radical (unpaired) electrons. The zero-order valence-corrected chi connectivity index (χ0v) is 9.25. The van der Waals surface area contributed by atoms with Gasteiger partial charge in [-0.25, -0.2) is 0 Å². The van der Waals surface area contributed by atoms with Crippen LogP contribution < -0.4 is 5.32 Å². The first kappa shape index (κ1) is 13.9. The molecule has 1 atom stereocenters. The summed E-state index contributed by atoms with van der Waals surface area (Å²) in [6.07, 6.45) is 1.21. The number of aliphatic carboxylic acids is 1. The van der Waals surface area contributed by atoms with E-state index < -0.39 is 11.6 Å². The zero-order chi connectivity index (χ0) is 11.9. The van der Waals surface area contributed by atoms with Crippen molar-refractivity contribution in [2.45, 2.75) is 45.1 Å². The topological polar surface area (TPSA) is 86.6 Å². The Hall–Kier alpha value is -1.10. The Morgan fingerprint density at radius 3 is 2.40 bits per heavy atom. The van der Waals surface area contributed by atoms with Crippen LogP contribution in [0.2, 0.25) is 0 Å². The third-order valence-electron chi connectivity index (χ3n) is 2.02. The summed E-state index contributed by atoms with van der Waals surface area (Å²) in [4.78, 5) is 21.3. The van der Waals surface area contributed by atoms with E-state index in [1.54, 1.807) is 6.92 Å². The quantitative estimate of drug-likeness (QED) is 0.580. The smallest absolute Gasteiger partial charge is 0.303 e. The summed E-state index contributed by atoms with van der Waals surface area (Å²) in [5, 5.41) is 20.6. The van der Waals surface area contributed by atoms with Crippen molar-refractivity contribution in [2.24, 2.45) is 0 Å². The van der Waals surface area contributed by atoms with Crippen LogP contribution in [0.25, 0.3) is 0 Å². The molecule has 0 bridgehead atoms. The number of aliphatic hydroxyl groups is 1. The Morgan fingerprint density at radius 2 is 1.93 bits per heavy atom. The van der Waals surface area contributed by atoms with E-state index >= 15 is 0 Å². The molecular formula is C10H19NO4. The third-order valence-corrected chi connectivity index (χ3v) is 2.02. The summed E-state index contributed by atoms with van der Waals surface area (Å²) < 4.78 is 0. The first-order valence-electron chi connectivity index (χ1n) is 5.08. The molecule has 0 fully saturated rings. The van der Waals surface area contributed by atoms with Gasteiger partial charge in [0.1, 0.15) is 0 Å². The van der Waals surface area contributed by atoms with Gasteiger partial charge in [-0.1, -0.05) is 13.3 Å². The summed E-state index contributed by atoms with van der Waals surface area (Å²) in [6.45, 7) is 3.76. The average Bonchev–Trinajstić information content (AvgIpc) is 2.11. The Morgan fingerprint density at radius 1 is 1.33 bits per heavy atom. The van der Waals surface area contributed by atoms with Crippen molar-refractivity contribution in [3.8, 4) is 0 Å². The maximum absolute atomic E-state index is 11.1. The molecule has 88 valence electrons. The van der Waals surface area contributed by atoms with Gasteiger partial charge in [0.2, 0.25) is 5.91 Å². The van der Waals surface area contributed by atoms with E-state index in [0.717, 1.165) is 6.42 Å². The van der Waals surface area contributed by atoms with Gasteiger partial charge >= 0.3 is 5.97 Å². The SMILES string of the molecule is CCCC(C)(O)CNC(=O)CCC(=O)O. The minimum absolute atomic E-state index is 0.0441. The first-order chi connectivity index (χ1) is 6.87. The van der Waals surface area contributed by atoms with Gasteiger partial charge in [0.05, 0.1) is 12.0 Å². The highest BCUT2D eigenvalue weighted by Crippen LogP contribution is 2.09. The fourth-order valence-corrected chi connectivity index (χ4v) is 1.22. The van der Waals surface area contributed by atoms with E-state index in [2.05, 4.69) is 5.32 Å². The van der Waals surface area contributed by atoms with Crippen LogP contribution >= 0.6 is 0 Å². The van der Waals surface area contributed by atoms with Crippen molar-refractivity contribution < 1.29 is 19.8 Å². The summed E-state index contributed by atoms with van der Waals surface area (Å²) >= 11 is 0. The average molecular weight is 217 g/mol. The van der Waals surface area contributed by atoms with E-state index in [0.29, 0.717) is 6.42 Å². The van der Waals surface area contributed by atoms with Crippen LogP contribution in [0.15, 0.2) is 0 Å². The van der Waals surface area contributed by atoms with Gasteiger partial charge in [-0.3, -0.25) is 9.59 Å². The van der Waals surface area contributed by atoms with Gasteiger partial charge < -0.3 is 15.5 Å². The maximum atomic E-state index is 11.1. The van der Waals surface area contributed by atoms with Gasteiger partial charge in [0, 0.05) is 13.0 Å². The van der Waals surface area contributed by atoms with Gasteiger partial charge in [-0.2, -0.15) is 0 Å². The van der Waals surface area contributed by atoms with Crippen molar-refractivity contribution in [1.29, 1.82) is 0 Å². The standard InChI is InChI=1S/C10H19NO4/c1-3-6-10(2,15)7-11-8(12)4-5-9(13)14/h15H,3-7H2,1-2H3,(H,11,12)(H,13,14). The number of carboxylic acid groups (broad SMARTS) is 1. The largest absolute Gasteiger partial charge is 0.481 e. The summed E-state index contributed by atoms with van der Waals surface area (Å²) in [6, 6.07) is 0. The third kappa shape index (κ3) is 7.93. The van der Waals surface area contributed by atoms with Crippen LogP contribution in [0, 0.1) is 0 Å². The number of carboxylic acids is 1.